The third-order valence-corrected chi connectivity index (χ3v) is 3.94. The van der Waals surface area contributed by atoms with E-state index in [1.54, 1.807) is 11.3 Å². The van der Waals surface area contributed by atoms with Gasteiger partial charge in [-0.1, -0.05) is 12.2 Å². The summed E-state index contributed by atoms with van der Waals surface area (Å²) in [4.78, 5) is 3.03. The molecule has 0 radical (unpaired) electrons. The lowest BCUT2D eigenvalue weighted by molar-refractivity contribution is 0.234. The number of hydrogen-bond acceptors (Lipinski definition) is 3. The highest BCUT2D eigenvalue weighted by Gasteiger charge is 2.33. The minimum atomic E-state index is 0.215. The zero-order chi connectivity index (χ0) is 10.8. The van der Waals surface area contributed by atoms with Crippen LogP contribution in [0.25, 0.3) is 0 Å². The van der Waals surface area contributed by atoms with Crippen LogP contribution in [0, 0.1) is 0 Å². The summed E-state index contributed by atoms with van der Waals surface area (Å²) in [6, 6.07) is 3.08. The Kier molecular flexibility index (Phi) is 3.38. The van der Waals surface area contributed by atoms with Crippen molar-refractivity contribution in [2.75, 3.05) is 0 Å². The molecule has 1 heterocycles. The molecule has 1 unspecified atom stereocenters. The fraction of sp³-hybridized carbons (Fsp3) is 0.545. The number of hydrogen-bond donors (Lipinski definition) is 1. The number of thiophene rings is 1. The summed E-state index contributed by atoms with van der Waals surface area (Å²) in [6.45, 7) is 3.08. The largest absolute Gasteiger partial charge is 0.392 e. The topological polar surface area (TPSA) is 29.3 Å². The van der Waals surface area contributed by atoms with E-state index in [-0.39, 0.29) is 6.04 Å². The second-order valence-electron chi connectivity index (χ2n) is 4.11. The molecule has 1 fully saturated rings. The summed E-state index contributed by atoms with van der Waals surface area (Å²) in [6.07, 6.45) is 2.58. The van der Waals surface area contributed by atoms with E-state index in [4.69, 9.17) is 18.0 Å². The van der Waals surface area contributed by atoms with Crippen LogP contribution in [0.15, 0.2) is 16.8 Å². The first kappa shape index (κ1) is 11.0. The highest BCUT2D eigenvalue weighted by atomic mass is 32.1. The van der Waals surface area contributed by atoms with Crippen molar-refractivity contribution in [2.45, 2.75) is 38.4 Å². The lowest BCUT2D eigenvalue weighted by atomic mass is 10.2. The maximum atomic E-state index is 5.72. The highest BCUT2D eigenvalue weighted by molar-refractivity contribution is 7.80. The van der Waals surface area contributed by atoms with Crippen molar-refractivity contribution in [3.63, 3.8) is 0 Å². The van der Waals surface area contributed by atoms with Gasteiger partial charge in [0.1, 0.15) is 0 Å². The molecule has 0 aromatic carbocycles. The van der Waals surface area contributed by atoms with Crippen LogP contribution in [-0.4, -0.2) is 22.0 Å². The first-order valence-electron chi connectivity index (χ1n) is 5.24. The SMILES string of the molecule is CC(C(N)=S)N(Cc1ccsc1)C1CC1. The van der Waals surface area contributed by atoms with E-state index in [0.717, 1.165) is 6.54 Å². The van der Waals surface area contributed by atoms with Crippen molar-refractivity contribution < 1.29 is 0 Å². The van der Waals surface area contributed by atoms with Crippen LogP contribution in [0.4, 0.5) is 0 Å². The lowest BCUT2D eigenvalue weighted by Crippen LogP contribution is -2.42. The fourth-order valence-electron chi connectivity index (χ4n) is 1.75. The summed E-state index contributed by atoms with van der Waals surface area (Å²) in [5.74, 6) is 0. The maximum absolute atomic E-state index is 5.72. The predicted molar refractivity (Wildman–Crippen MR) is 69.1 cm³/mol. The Labute approximate surface area is 100 Å². The van der Waals surface area contributed by atoms with Gasteiger partial charge in [0.05, 0.1) is 11.0 Å². The van der Waals surface area contributed by atoms with E-state index in [1.807, 2.05) is 0 Å². The summed E-state index contributed by atoms with van der Waals surface area (Å²) < 4.78 is 0. The molecular formula is C11H16N2S2. The van der Waals surface area contributed by atoms with Crippen molar-refractivity contribution >= 4 is 28.5 Å². The Morgan fingerprint density at radius 2 is 2.47 bits per heavy atom. The summed E-state index contributed by atoms with van der Waals surface area (Å²) in [5, 5.41) is 4.31. The average molecular weight is 240 g/mol. The number of rotatable bonds is 5. The lowest BCUT2D eigenvalue weighted by Gasteiger charge is -2.27. The van der Waals surface area contributed by atoms with E-state index >= 15 is 0 Å². The fourth-order valence-corrected chi connectivity index (χ4v) is 2.54. The van der Waals surface area contributed by atoms with Crippen molar-refractivity contribution in [3.05, 3.63) is 22.4 Å². The van der Waals surface area contributed by atoms with Gasteiger partial charge in [0.25, 0.3) is 0 Å². The van der Waals surface area contributed by atoms with Gasteiger partial charge in [0, 0.05) is 12.6 Å². The van der Waals surface area contributed by atoms with Gasteiger partial charge in [0.2, 0.25) is 0 Å². The second-order valence-corrected chi connectivity index (χ2v) is 5.36. The van der Waals surface area contributed by atoms with Crippen LogP contribution in [0.3, 0.4) is 0 Å². The van der Waals surface area contributed by atoms with Crippen LogP contribution in [-0.2, 0) is 6.54 Å². The molecule has 1 atom stereocenters. The van der Waals surface area contributed by atoms with Gasteiger partial charge in [0.15, 0.2) is 0 Å². The molecule has 0 saturated heterocycles. The zero-order valence-corrected chi connectivity index (χ0v) is 10.5. The van der Waals surface area contributed by atoms with Crippen molar-refractivity contribution in [1.29, 1.82) is 0 Å². The summed E-state index contributed by atoms with van der Waals surface area (Å²) >= 11 is 6.82. The first-order valence-corrected chi connectivity index (χ1v) is 6.59. The molecule has 0 spiro atoms. The molecule has 82 valence electrons. The van der Waals surface area contributed by atoms with Crippen LogP contribution in [0.2, 0.25) is 0 Å². The smallest absolute Gasteiger partial charge is 0.0899 e. The van der Waals surface area contributed by atoms with E-state index < -0.39 is 0 Å². The molecule has 2 N–H and O–H groups in total. The molecule has 0 aliphatic heterocycles. The number of nitrogens with zero attached hydrogens (tertiary/aromatic N) is 1. The molecule has 1 aliphatic carbocycles. The molecule has 1 aromatic rings. The number of thiocarbonyl (C=S) groups is 1. The molecule has 15 heavy (non-hydrogen) atoms. The Hall–Kier alpha value is -0.450. The molecule has 0 bridgehead atoms. The van der Waals surface area contributed by atoms with Gasteiger partial charge < -0.3 is 5.73 Å². The number of nitrogens with two attached hydrogens (primary N) is 1. The van der Waals surface area contributed by atoms with E-state index in [0.29, 0.717) is 11.0 Å². The van der Waals surface area contributed by atoms with E-state index in [1.165, 1.54) is 18.4 Å². The molecule has 1 aromatic heterocycles. The third kappa shape index (κ3) is 2.77. The maximum Gasteiger partial charge on any atom is 0.0899 e. The zero-order valence-electron chi connectivity index (χ0n) is 8.85. The predicted octanol–water partition coefficient (Wildman–Crippen LogP) is 2.39. The van der Waals surface area contributed by atoms with Crippen LogP contribution in [0.1, 0.15) is 25.3 Å². The van der Waals surface area contributed by atoms with E-state index in [2.05, 4.69) is 28.7 Å². The quantitative estimate of drug-likeness (QED) is 0.801. The Balaban J connectivity index is 2.03. The van der Waals surface area contributed by atoms with Gasteiger partial charge in [-0.2, -0.15) is 11.3 Å². The molecule has 0 amide bonds. The van der Waals surface area contributed by atoms with Crippen molar-refractivity contribution in [2.24, 2.45) is 5.73 Å². The normalized spacial score (nSPS) is 18.0. The minimum absolute atomic E-state index is 0.215. The monoisotopic (exact) mass is 240 g/mol. The first-order chi connectivity index (χ1) is 7.18. The molecule has 1 saturated carbocycles. The Bertz CT molecular complexity index is 330. The van der Waals surface area contributed by atoms with Gasteiger partial charge in [-0.05, 0) is 42.2 Å². The molecule has 2 nitrogen and oxygen atoms in total. The molecule has 1 aliphatic rings. The molecular weight excluding hydrogens is 224 g/mol. The van der Waals surface area contributed by atoms with Crippen molar-refractivity contribution in [1.82, 2.24) is 4.90 Å². The summed E-state index contributed by atoms with van der Waals surface area (Å²) in [7, 11) is 0. The molecule has 2 rings (SSSR count). The van der Waals surface area contributed by atoms with Gasteiger partial charge in [-0.25, -0.2) is 0 Å². The van der Waals surface area contributed by atoms with Crippen molar-refractivity contribution in [3.8, 4) is 0 Å². The average Bonchev–Trinajstić information content (AvgIpc) is 2.92. The highest BCUT2D eigenvalue weighted by Crippen LogP contribution is 2.30. The Morgan fingerprint density at radius 1 is 1.73 bits per heavy atom. The second kappa shape index (κ2) is 4.60. The summed E-state index contributed by atoms with van der Waals surface area (Å²) in [5.41, 5.74) is 7.09. The van der Waals surface area contributed by atoms with Crippen LogP contribution in [0.5, 0.6) is 0 Å². The van der Waals surface area contributed by atoms with Crippen LogP contribution < -0.4 is 5.73 Å². The third-order valence-electron chi connectivity index (χ3n) is 2.87. The Morgan fingerprint density at radius 3 is 2.93 bits per heavy atom. The van der Waals surface area contributed by atoms with E-state index in [9.17, 15) is 0 Å². The molecule has 4 heteroatoms. The minimum Gasteiger partial charge on any atom is -0.392 e. The van der Waals surface area contributed by atoms with Gasteiger partial charge >= 0.3 is 0 Å². The van der Waals surface area contributed by atoms with Gasteiger partial charge in [-0.3, -0.25) is 4.90 Å². The van der Waals surface area contributed by atoms with Gasteiger partial charge in [-0.15, -0.1) is 0 Å². The standard InChI is InChI=1S/C11H16N2S2/c1-8(11(12)14)13(10-2-3-10)6-9-4-5-15-7-9/h4-5,7-8,10H,2-3,6H2,1H3,(H2,12,14). The van der Waals surface area contributed by atoms with Crippen LogP contribution >= 0.6 is 23.6 Å².